The second-order valence-corrected chi connectivity index (χ2v) is 7.09. The Balaban J connectivity index is 0.00000169. The summed E-state index contributed by atoms with van der Waals surface area (Å²) in [6, 6.07) is 7.70. The SMILES string of the molecule is Cc1cc(C(=O)NCCCN2CCNCC2)c2cc(Br)ccc2n1.Cl.Cl. The highest BCUT2D eigenvalue weighted by atomic mass is 79.9. The van der Waals surface area contributed by atoms with Crippen LogP contribution in [-0.2, 0) is 0 Å². The van der Waals surface area contributed by atoms with Gasteiger partial charge in [-0.25, -0.2) is 0 Å². The Morgan fingerprint density at radius 2 is 2.00 bits per heavy atom. The topological polar surface area (TPSA) is 57.3 Å². The molecular formula is C18H25BrCl2N4O. The summed E-state index contributed by atoms with van der Waals surface area (Å²) >= 11 is 3.47. The van der Waals surface area contributed by atoms with Gasteiger partial charge in [0.05, 0.1) is 11.1 Å². The molecule has 2 heterocycles. The Morgan fingerprint density at radius 3 is 2.73 bits per heavy atom. The summed E-state index contributed by atoms with van der Waals surface area (Å²) in [5.74, 6) is -0.0242. The van der Waals surface area contributed by atoms with Crippen molar-refractivity contribution in [3.63, 3.8) is 0 Å². The van der Waals surface area contributed by atoms with E-state index < -0.39 is 0 Å². The van der Waals surface area contributed by atoms with E-state index in [1.807, 2.05) is 31.2 Å². The van der Waals surface area contributed by atoms with Crippen LogP contribution in [-0.4, -0.2) is 55.1 Å². The molecule has 1 amide bonds. The number of nitrogens with one attached hydrogen (secondary N) is 2. The van der Waals surface area contributed by atoms with Crippen LogP contribution in [0.15, 0.2) is 28.7 Å². The predicted octanol–water partition coefficient (Wildman–Crippen LogP) is 3.17. The summed E-state index contributed by atoms with van der Waals surface area (Å²) in [7, 11) is 0. The van der Waals surface area contributed by atoms with Crippen LogP contribution in [0.25, 0.3) is 10.9 Å². The fraction of sp³-hybridized carbons (Fsp3) is 0.444. The number of fused-ring (bicyclic) bond motifs is 1. The average Bonchev–Trinajstić information content (AvgIpc) is 2.59. The molecule has 0 radical (unpaired) electrons. The van der Waals surface area contributed by atoms with Crippen molar-refractivity contribution in [1.82, 2.24) is 20.5 Å². The van der Waals surface area contributed by atoms with E-state index in [2.05, 4.69) is 36.4 Å². The number of benzene rings is 1. The van der Waals surface area contributed by atoms with Gasteiger partial charge in [0, 0.05) is 48.3 Å². The zero-order chi connectivity index (χ0) is 16.9. The highest BCUT2D eigenvalue weighted by molar-refractivity contribution is 9.10. The number of carbonyl (C=O) groups is 1. The molecule has 1 aliphatic rings. The molecule has 2 N–H and O–H groups in total. The maximum atomic E-state index is 12.6. The summed E-state index contributed by atoms with van der Waals surface area (Å²) < 4.78 is 0.952. The number of hydrogen-bond acceptors (Lipinski definition) is 4. The van der Waals surface area contributed by atoms with Crippen molar-refractivity contribution in [1.29, 1.82) is 0 Å². The molecule has 8 heteroatoms. The Labute approximate surface area is 175 Å². The largest absolute Gasteiger partial charge is 0.352 e. The van der Waals surface area contributed by atoms with E-state index in [0.717, 1.165) is 60.2 Å². The minimum Gasteiger partial charge on any atom is -0.352 e. The minimum atomic E-state index is -0.0242. The molecule has 144 valence electrons. The molecule has 1 aromatic heterocycles. The van der Waals surface area contributed by atoms with Crippen molar-refractivity contribution < 1.29 is 4.79 Å². The molecule has 1 aliphatic heterocycles. The molecule has 0 aliphatic carbocycles. The standard InChI is InChI=1S/C18H23BrN4O.2ClH/c1-13-11-16(15-12-14(19)3-4-17(15)22-13)18(24)21-5-2-8-23-9-6-20-7-10-23;;/h3-4,11-12,20H,2,5-10H2,1H3,(H,21,24);2*1H. The van der Waals surface area contributed by atoms with Gasteiger partial charge in [0.2, 0.25) is 0 Å². The van der Waals surface area contributed by atoms with E-state index in [0.29, 0.717) is 12.1 Å². The molecule has 0 atom stereocenters. The molecule has 1 fully saturated rings. The van der Waals surface area contributed by atoms with Crippen molar-refractivity contribution in [3.8, 4) is 0 Å². The number of piperazine rings is 1. The van der Waals surface area contributed by atoms with E-state index in [-0.39, 0.29) is 30.7 Å². The first-order chi connectivity index (χ1) is 11.6. The Morgan fingerprint density at radius 1 is 1.27 bits per heavy atom. The number of nitrogens with zero attached hydrogens (tertiary/aromatic N) is 2. The lowest BCUT2D eigenvalue weighted by atomic mass is 10.1. The smallest absolute Gasteiger partial charge is 0.252 e. The summed E-state index contributed by atoms with van der Waals surface area (Å²) in [6.45, 7) is 7.95. The number of hydrogen-bond donors (Lipinski definition) is 2. The van der Waals surface area contributed by atoms with Crippen LogP contribution in [0, 0.1) is 6.92 Å². The lowest BCUT2D eigenvalue weighted by molar-refractivity contribution is 0.0952. The fourth-order valence-corrected chi connectivity index (χ4v) is 3.41. The number of aromatic nitrogens is 1. The van der Waals surface area contributed by atoms with Gasteiger partial charge in [-0.3, -0.25) is 9.78 Å². The van der Waals surface area contributed by atoms with Crippen LogP contribution >= 0.6 is 40.7 Å². The Hall–Kier alpha value is -0.920. The fourth-order valence-electron chi connectivity index (χ4n) is 3.05. The Bertz CT molecular complexity index is 738. The average molecular weight is 464 g/mol. The molecule has 1 saturated heterocycles. The molecule has 0 saturated carbocycles. The van der Waals surface area contributed by atoms with Crippen LogP contribution in [0.4, 0.5) is 0 Å². The molecule has 0 bridgehead atoms. The van der Waals surface area contributed by atoms with E-state index in [9.17, 15) is 4.79 Å². The van der Waals surface area contributed by atoms with Crippen molar-refractivity contribution in [2.24, 2.45) is 0 Å². The predicted molar refractivity (Wildman–Crippen MR) is 115 cm³/mol. The van der Waals surface area contributed by atoms with E-state index in [1.54, 1.807) is 0 Å². The van der Waals surface area contributed by atoms with Crippen LogP contribution in [0.5, 0.6) is 0 Å². The zero-order valence-electron chi connectivity index (χ0n) is 14.8. The first-order valence-electron chi connectivity index (χ1n) is 8.42. The molecule has 0 unspecified atom stereocenters. The van der Waals surface area contributed by atoms with Crippen LogP contribution in [0.1, 0.15) is 22.5 Å². The van der Waals surface area contributed by atoms with Crippen molar-refractivity contribution >= 4 is 57.6 Å². The van der Waals surface area contributed by atoms with Gasteiger partial charge in [-0.05, 0) is 44.2 Å². The van der Waals surface area contributed by atoms with Crippen molar-refractivity contribution in [3.05, 3.63) is 40.0 Å². The molecular weight excluding hydrogens is 439 g/mol. The second-order valence-electron chi connectivity index (χ2n) is 6.17. The molecule has 5 nitrogen and oxygen atoms in total. The summed E-state index contributed by atoms with van der Waals surface area (Å²) in [6.07, 6.45) is 0.970. The third-order valence-corrected chi connectivity index (χ3v) is 4.78. The van der Waals surface area contributed by atoms with Gasteiger partial charge in [0.25, 0.3) is 5.91 Å². The third kappa shape index (κ3) is 6.06. The molecule has 2 aromatic rings. The van der Waals surface area contributed by atoms with Gasteiger partial charge >= 0.3 is 0 Å². The summed E-state index contributed by atoms with van der Waals surface area (Å²) in [5, 5.41) is 7.29. The van der Waals surface area contributed by atoms with Gasteiger partial charge in [-0.2, -0.15) is 0 Å². The van der Waals surface area contributed by atoms with E-state index >= 15 is 0 Å². The van der Waals surface area contributed by atoms with Crippen molar-refractivity contribution in [2.45, 2.75) is 13.3 Å². The monoisotopic (exact) mass is 462 g/mol. The quantitative estimate of drug-likeness (QED) is 0.668. The number of amides is 1. The molecule has 1 aromatic carbocycles. The highest BCUT2D eigenvalue weighted by Crippen LogP contribution is 2.22. The lowest BCUT2D eigenvalue weighted by Crippen LogP contribution is -2.44. The van der Waals surface area contributed by atoms with Gasteiger partial charge in [-0.15, -0.1) is 24.8 Å². The van der Waals surface area contributed by atoms with Gasteiger partial charge in [-0.1, -0.05) is 15.9 Å². The van der Waals surface area contributed by atoms with Crippen LogP contribution < -0.4 is 10.6 Å². The number of aryl methyl sites for hydroxylation is 1. The number of pyridine rings is 1. The van der Waals surface area contributed by atoms with E-state index in [4.69, 9.17) is 0 Å². The maximum Gasteiger partial charge on any atom is 0.252 e. The van der Waals surface area contributed by atoms with Gasteiger partial charge in [0.1, 0.15) is 0 Å². The second kappa shape index (κ2) is 11.0. The molecule has 26 heavy (non-hydrogen) atoms. The van der Waals surface area contributed by atoms with Gasteiger partial charge < -0.3 is 15.5 Å². The number of halogens is 3. The molecule has 3 rings (SSSR count). The highest BCUT2D eigenvalue weighted by Gasteiger charge is 2.13. The molecule has 0 spiro atoms. The zero-order valence-corrected chi connectivity index (χ0v) is 18.0. The minimum absolute atomic E-state index is 0. The van der Waals surface area contributed by atoms with Crippen LogP contribution in [0.2, 0.25) is 0 Å². The van der Waals surface area contributed by atoms with Crippen molar-refractivity contribution in [2.75, 3.05) is 39.3 Å². The van der Waals surface area contributed by atoms with Gasteiger partial charge in [0.15, 0.2) is 0 Å². The van der Waals surface area contributed by atoms with E-state index in [1.165, 1.54) is 0 Å². The third-order valence-electron chi connectivity index (χ3n) is 4.29. The lowest BCUT2D eigenvalue weighted by Gasteiger charge is -2.27. The summed E-state index contributed by atoms with van der Waals surface area (Å²) in [5.41, 5.74) is 2.40. The Kier molecular flexibility index (Phi) is 9.82. The normalized spacial score (nSPS) is 14.4. The maximum absolute atomic E-state index is 12.6. The summed E-state index contributed by atoms with van der Waals surface area (Å²) in [4.78, 5) is 19.5. The number of rotatable bonds is 5. The van der Waals surface area contributed by atoms with Crippen LogP contribution in [0.3, 0.4) is 0 Å². The first-order valence-corrected chi connectivity index (χ1v) is 9.21. The number of carbonyl (C=O) groups excluding carboxylic acids is 1. The first kappa shape index (κ1) is 23.1.